The Morgan fingerprint density at radius 3 is 1.34 bits per heavy atom. The van der Waals surface area contributed by atoms with Crippen LogP contribution in [0.5, 0.6) is 0 Å². The summed E-state index contributed by atoms with van der Waals surface area (Å²) in [6.07, 6.45) is 59.9. The summed E-state index contributed by atoms with van der Waals surface area (Å²) in [4.78, 5) is 13.0. The molecule has 1 fully saturated rings. The van der Waals surface area contributed by atoms with Crippen LogP contribution in [-0.2, 0) is 14.3 Å². The lowest BCUT2D eigenvalue weighted by atomic mass is 9.99. The van der Waals surface area contributed by atoms with E-state index in [2.05, 4.69) is 116 Å². The lowest BCUT2D eigenvalue weighted by Gasteiger charge is -2.40. The smallest absolute Gasteiger partial charge is 0.220 e. The minimum Gasteiger partial charge on any atom is -0.394 e. The van der Waals surface area contributed by atoms with Crippen LogP contribution >= 0.6 is 0 Å². The molecule has 1 aliphatic heterocycles. The van der Waals surface area contributed by atoms with E-state index in [0.29, 0.717) is 19.3 Å². The van der Waals surface area contributed by atoms with Crippen molar-refractivity contribution in [3.8, 4) is 0 Å². The molecule has 0 radical (unpaired) electrons. The number of aliphatic hydroxyl groups excluding tert-OH is 5. The highest BCUT2D eigenvalue weighted by atomic mass is 16.7. The first-order valence-corrected chi connectivity index (χ1v) is 26.9. The van der Waals surface area contributed by atoms with Gasteiger partial charge < -0.3 is 40.3 Å². The van der Waals surface area contributed by atoms with Crippen molar-refractivity contribution in [3.63, 3.8) is 0 Å². The molecule has 9 nitrogen and oxygen atoms in total. The first-order chi connectivity index (χ1) is 32.8. The highest BCUT2D eigenvalue weighted by molar-refractivity contribution is 5.76. The summed E-state index contributed by atoms with van der Waals surface area (Å²) in [5.74, 6) is -0.190. The van der Waals surface area contributed by atoms with Crippen molar-refractivity contribution in [3.05, 3.63) is 97.2 Å². The van der Waals surface area contributed by atoms with E-state index in [1.54, 1.807) is 0 Å². The molecule has 0 aromatic heterocycles. The van der Waals surface area contributed by atoms with E-state index in [9.17, 15) is 30.3 Å². The van der Waals surface area contributed by atoms with Crippen LogP contribution in [0.3, 0.4) is 0 Å². The molecular weight excluding hydrogens is 839 g/mol. The fraction of sp³-hybridized carbons (Fsp3) is 0.707. The topological polar surface area (TPSA) is 149 Å². The van der Waals surface area contributed by atoms with E-state index in [4.69, 9.17) is 9.47 Å². The maximum Gasteiger partial charge on any atom is 0.220 e. The molecule has 384 valence electrons. The van der Waals surface area contributed by atoms with E-state index in [-0.39, 0.29) is 12.5 Å². The molecule has 0 bridgehead atoms. The van der Waals surface area contributed by atoms with E-state index in [0.717, 1.165) is 83.5 Å². The molecule has 0 aromatic carbocycles. The Bertz CT molecular complexity index is 1370. The summed E-state index contributed by atoms with van der Waals surface area (Å²) in [7, 11) is 0. The lowest BCUT2D eigenvalue weighted by Crippen LogP contribution is -2.60. The summed E-state index contributed by atoms with van der Waals surface area (Å²) in [6.45, 7) is 3.69. The maximum absolute atomic E-state index is 13.0. The fourth-order valence-electron chi connectivity index (χ4n) is 7.94. The number of aliphatic hydroxyl groups is 5. The summed E-state index contributed by atoms with van der Waals surface area (Å²) in [5.41, 5.74) is 0. The second-order valence-corrected chi connectivity index (χ2v) is 18.3. The number of amides is 1. The highest BCUT2D eigenvalue weighted by Crippen LogP contribution is 2.23. The number of ether oxygens (including phenoxy) is 2. The Morgan fingerprint density at radius 1 is 0.522 bits per heavy atom. The first-order valence-electron chi connectivity index (χ1n) is 26.9. The Balaban J connectivity index is 2.30. The zero-order valence-corrected chi connectivity index (χ0v) is 42.4. The molecule has 1 heterocycles. The van der Waals surface area contributed by atoms with Gasteiger partial charge in [-0.2, -0.15) is 0 Å². The minimum absolute atomic E-state index is 0.162. The number of nitrogens with one attached hydrogen (secondary N) is 1. The highest BCUT2D eigenvalue weighted by Gasteiger charge is 2.44. The molecule has 1 amide bonds. The average Bonchev–Trinajstić information content (AvgIpc) is 3.33. The first kappa shape index (κ1) is 62.1. The van der Waals surface area contributed by atoms with Crippen LogP contribution in [0.1, 0.15) is 206 Å². The second kappa shape index (κ2) is 46.8. The molecular formula is C58H99NO8. The van der Waals surface area contributed by atoms with Gasteiger partial charge in [-0.3, -0.25) is 4.79 Å². The van der Waals surface area contributed by atoms with E-state index in [1.807, 2.05) is 0 Å². The third-order valence-corrected chi connectivity index (χ3v) is 12.2. The van der Waals surface area contributed by atoms with Gasteiger partial charge >= 0.3 is 0 Å². The van der Waals surface area contributed by atoms with Gasteiger partial charge in [-0.05, 0) is 77.0 Å². The van der Waals surface area contributed by atoms with Gasteiger partial charge in [0.05, 0.1) is 25.4 Å². The Kier molecular flexibility index (Phi) is 43.4. The number of carbonyl (C=O) groups excluding carboxylic acids is 1. The predicted molar refractivity (Wildman–Crippen MR) is 281 cm³/mol. The van der Waals surface area contributed by atoms with Gasteiger partial charge in [0, 0.05) is 6.42 Å². The number of carbonyl (C=O) groups is 1. The largest absolute Gasteiger partial charge is 0.394 e. The van der Waals surface area contributed by atoms with Gasteiger partial charge in [0.1, 0.15) is 24.4 Å². The summed E-state index contributed by atoms with van der Waals surface area (Å²) >= 11 is 0. The Hall–Kier alpha value is -2.89. The zero-order valence-electron chi connectivity index (χ0n) is 42.4. The number of hydrogen-bond acceptors (Lipinski definition) is 8. The van der Waals surface area contributed by atoms with Crippen LogP contribution in [0.15, 0.2) is 97.2 Å². The van der Waals surface area contributed by atoms with Crippen molar-refractivity contribution in [2.75, 3.05) is 13.2 Å². The molecule has 6 N–H and O–H groups in total. The van der Waals surface area contributed by atoms with Gasteiger partial charge in [0.15, 0.2) is 6.29 Å². The quantitative estimate of drug-likeness (QED) is 0.0261. The standard InChI is InChI=1S/C58H99NO8/c1-3-5-7-9-11-13-15-17-19-21-22-23-24-25-26-27-28-29-30-32-34-36-38-40-42-44-46-48-54(62)59-51(50-66-58-57(65)56(64)55(63)53(49-60)67-58)52(61)47-45-43-41-39-37-35-33-31-20-18-16-14-12-10-8-6-4-2/h5,7,11,13,17,19,22-23,25-26,28-29,32,34,38,40,51-53,55-58,60-61,63-65H,3-4,6,8-10,12,14-16,18,20-21,24,27,30-31,33,35-37,39,41-50H2,1-2H3,(H,59,62)/b7-5-,13-11-,19-17-,23-22-,26-25-,29-28-,34-32-,40-38-. The van der Waals surface area contributed by atoms with Crippen molar-refractivity contribution in [2.45, 2.75) is 249 Å². The molecule has 7 unspecified atom stereocenters. The van der Waals surface area contributed by atoms with Crippen LogP contribution in [0, 0.1) is 0 Å². The van der Waals surface area contributed by atoms with Crippen LogP contribution in [0.4, 0.5) is 0 Å². The summed E-state index contributed by atoms with van der Waals surface area (Å²) < 4.78 is 11.3. The summed E-state index contributed by atoms with van der Waals surface area (Å²) in [6, 6.07) is -0.750. The van der Waals surface area contributed by atoms with E-state index in [1.165, 1.54) is 89.9 Å². The molecule has 1 rings (SSSR count). The molecule has 0 spiro atoms. The Labute approximate surface area is 409 Å². The van der Waals surface area contributed by atoms with Crippen molar-refractivity contribution >= 4 is 5.91 Å². The van der Waals surface area contributed by atoms with E-state index >= 15 is 0 Å². The monoisotopic (exact) mass is 938 g/mol. The van der Waals surface area contributed by atoms with Gasteiger partial charge in [0.25, 0.3) is 0 Å². The number of allylic oxidation sites excluding steroid dienone is 16. The Morgan fingerprint density at radius 2 is 0.925 bits per heavy atom. The molecule has 1 saturated heterocycles. The predicted octanol–water partition coefficient (Wildman–Crippen LogP) is 12.8. The van der Waals surface area contributed by atoms with Gasteiger partial charge in [-0.15, -0.1) is 0 Å². The molecule has 9 heteroatoms. The molecule has 0 aromatic rings. The number of rotatable bonds is 44. The van der Waals surface area contributed by atoms with Crippen LogP contribution in [0.25, 0.3) is 0 Å². The third-order valence-electron chi connectivity index (χ3n) is 12.2. The molecule has 1 aliphatic rings. The normalized spacial score (nSPS) is 20.5. The van der Waals surface area contributed by atoms with Gasteiger partial charge in [0.2, 0.25) is 5.91 Å². The van der Waals surface area contributed by atoms with Crippen molar-refractivity contribution in [1.29, 1.82) is 0 Å². The average molecular weight is 938 g/mol. The maximum atomic E-state index is 13.0. The van der Waals surface area contributed by atoms with E-state index < -0.39 is 49.5 Å². The van der Waals surface area contributed by atoms with Gasteiger partial charge in [-0.1, -0.05) is 220 Å². The van der Waals surface area contributed by atoms with Crippen LogP contribution in [-0.4, -0.2) is 87.5 Å². The lowest BCUT2D eigenvalue weighted by molar-refractivity contribution is -0.302. The third kappa shape index (κ3) is 36.7. The molecule has 7 atom stereocenters. The van der Waals surface area contributed by atoms with Crippen molar-refractivity contribution in [1.82, 2.24) is 5.32 Å². The van der Waals surface area contributed by atoms with Gasteiger partial charge in [-0.25, -0.2) is 0 Å². The number of unbranched alkanes of at least 4 members (excludes halogenated alkanes) is 18. The molecule has 0 aliphatic carbocycles. The van der Waals surface area contributed by atoms with Crippen molar-refractivity contribution < 1.29 is 39.8 Å². The van der Waals surface area contributed by atoms with Crippen LogP contribution < -0.4 is 5.32 Å². The zero-order chi connectivity index (χ0) is 48.7. The van der Waals surface area contributed by atoms with Crippen LogP contribution in [0.2, 0.25) is 0 Å². The summed E-state index contributed by atoms with van der Waals surface area (Å²) in [5, 5.41) is 54.5. The minimum atomic E-state index is -1.57. The fourth-order valence-corrected chi connectivity index (χ4v) is 7.94. The molecule has 67 heavy (non-hydrogen) atoms. The molecule has 0 saturated carbocycles. The van der Waals surface area contributed by atoms with Crippen molar-refractivity contribution in [2.24, 2.45) is 0 Å². The number of hydrogen-bond donors (Lipinski definition) is 6. The SMILES string of the molecule is CC/C=C\C/C=C\C/C=C\C/C=C\C/C=C\C/C=C\C/C=C\C/C=C\CCCCC(=O)NC(COC1OC(CO)C(O)C(O)C1O)C(O)CCCCCCCCCCCCCCCCCCC. The second-order valence-electron chi connectivity index (χ2n) is 18.3.